The Morgan fingerprint density at radius 3 is 2.84 bits per heavy atom. The molecule has 5 nitrogen and oxygen atoms in total. The molecule has 0 spiro atoms. The maximum atomic E-state index is 10.7. The molecule has 1 aliphatic heterocycles. The van der Waals surface area contributed by atoms with Crippen molar-refractivity contribution in [3.05, 3.63) is 28.3 Å². The Labute approximate surface area is 114 Å². The molecule has 0 fully saturated rings. The average Bonchev–Trinajstić information content (AvgIpc) is 2.61. The van der Waals surface area contributed by atoms with Gasteiger partial charge in [0.25, 0.3) is 0 Å². The van der Waals surface area contributed by atoms with Gasteiger partial charge >= 0.3 is 0 Å². The Morgan fingerprint density at radius 1 is 1.42 bits per heavy atom. The van der Waals surface area contributed by atoms with Crippen LogP contribution in [0.25, 0.3) is 6.08 Å². The molecule has 0 N–H and O–H groups in total. The summed E-state index contributed by atoms with van der Waals surface area (Å²) in [7, 11) is 0. The number of halogens is 1. The smallest absolute Gasteiger partial charge is 0.179 e. The van der Waals surface area contributed by atoms with Gasteiger partial charge in [-0.25, -0.2) is 0 Å². The summed E-state index contributed by atoms with van der Waals surface area (Å²) in [5.74, 6) is -0.666. The van der Waals surface area contributed by atoms with Crippen molar-refractivity contribution >= 4 is 23.6 Å². The third-order valence-electron chi connectivity index (χ3n) is 2.48. The topological polar surface area (TPSA) is 82.4 Å². The Balaban J connectivity index is 2.45. The van der Waals surface area contributed by atoms with Crippen LogP contribution in [-0.2, 0) is 4.79 Å². The van der Waals surface area contributed by atoms with Gasteiger partial charge in [-0.1, -0.05) is 11.6 Å². The van der Waals surface area contributed by atoms with Gasteiger partial charge in [0.15, 0.2) is 11.5 Å². The predicted molar refractivity (Wildman–Crippen MR) is 65.7 cm³/mol. The molecule has 2 rings (SSSR count). The third-order valence-corrected chi connectivity index (χ3v) is 2.76. The lowest BCUT2D eigenvalue weighted by Gasteiger charge is -2.10. The summed E-state index contributed by atoms with van der Waals surface area (Å²) in [6, 6.07) is 4.63. The van der Waals surface area contributed by atoms with Crippen LogP contribution < -0.4 is 14.6 Å². The number of benzene rings is 1. The number of carbonyl (C=O) groups is 1. The summed E-state index contributed by atoms with van der Waals surface area (Å²) in [5, 5.41) is 19.7. The van der Waals surface area contributed by atoms with Crippen LogP contribution in [0.15, 0.2) is 17.7 Å². The molecule has 1 heterocycles. The molecule has 6 heteroatoms. The van der Waals surface area contributed by atoms with E-state index in [1.807, 2.05) is 0 Å². The van der Waals surface area contributed by atoms with Gasteiger partial charge in [0.2, 0.25) is 0 Å². The van der Waals surface area contributed by atoms with E-state index in [1.54, 1.807) is 12.1 Å². The van der Waals surface area contributed by atoms with E-state index in [-0.39, 0.29) is 0 Å². The van der Waals surface area contributed by atoms with Crippen molar-refractivity contribution in [3.8, 4) is 17.6 Å². The lowest BCUT2D eigenvalue weighted by atomic mass is 10.1. The van der Waals surface area contributed by atoms with E-state index in [0.717, 1.165) is 6.42 Å². The molecule has 0 saturated heterocycles. The van der Waals surface area contributed by atoms with Crippen LogP contribution in [0.4, 0.5) is 0 Å². The van der Waals surface area contributed by atoms with Crippen molar-refractivity contribution in [2.45, 2.75) is 6.42 Å². The minimum absolute atomic E-state index is 0.307. The van der Waals surface area contributed by atoms with Crippen LogP contribution in [0.2, 0.25) is 5.02 Å². The lowest BCUT2D eigenvalue weighted by Crippen LogP contribution is -2.23. The Kier molecular flexibility index (Phi) is 3.93. The average molecular weight is 279 g/mol. The van der Waals surface area contributed by atoms with Gasteiger partial charge < -0.3 is 19.4 Å². The Hall–Kier alpha value is -2.19. The summed E-state index contributed by atoms with van der Waals surface area (Å²) in [4.78, 5) is 10.7. The van der Waals surface area contributed by atoms with Gasteiger partial charge in [0, 0.05) is 6.42 Å². The fraction of sp³-hybridized carbons (Fsp3) is 0.231. The van der Waals surface area contributed by atoms with Crippen LogP contribution in [-0.4, -0.2) is 19.2 Å². The van der Waals surface area contributed by atoms with Crippen LogP contribution in [0, 0.1) is 11.3 Å². The molecule has 0 amide bonds. The first-order valence-corrected chi connectivity index (χ1v) is 5.92. The van der Waals surface area contributed by atoms with E-state index in [1.165, 1.54) is 12.1 Å². The van der Waals surface area contributed by atoms with E-state index in [2.05, 4.69) is 0 Å². The van der Waals surface area contributed by atoms with Crippen LogP contribution in [0.1, 0.15) is 12.0 Å². The highest BCUT2D eigenvalue weighted by molar-refractivity contribution is 6.32. The van der Waals surface area contributed by atoms with Crippen molar-refractivity contribution in [1.82, 2.24) is 0 Å². The van der Waals surface area contributed by atoms with E-state index in [4.69, 9.17) is 26.3 Å². The quantitative estimate of drug-likeness (QED) is 0.599. The zero-order valence-corrected chi connectivity index (χ0v) is 10.6. The molecule has 0 saturated carbocycles. The number of carboxylic acid groups (broad SMARTS) is 1. The van der Waals surface area contributed by atoms with Gasteiger partial charge in [0.05, 0.1) is 29.8 Å². The molecule has 0 unspecified atom stereocenters. The second-order valence-corrected chi connectivity index (χ2v) is 4.24. The first-order chi connectivity index (χ1) is 9.11. The summed E-state index contributed by atoms with van der Waals surface area (Å²) >= 11 is 6.05. The van der Waals surface area contributed by atoms with Crippen molar-refractivity contribution < 1.29 is 19.4 Å². The van der Waals surface area contributed by atoms with Gasteiger partial charge in [0.1, 0.15) is 6.07 Å². The van der Waals surface area contributed by atoms with E-state index in [9.17, 15) is 9.90 Å². The maximum Gasteiger partial charge on any atom is 0.179 e. The largest absolute Gasteiger partial charge is 0.544 e. The molecule has 1 aromatic rings. The highest BCUT2D eigenvalue weighted by Gasteiger charge is 2.15. The molecule has 19 heavy (non-hydrogen) atoms. The van der Waals surface area contributed by atoms with Crippen LogP contribution >= 0.6 is 11.6 Å². The predicted octanol–water partition coefficient (Wildman–Crippen LogP) is 1.16. The number of carboxylic acids is 1. The lowest BCUT2D eigenvalue weighted by molar-refractivity contribution is -0.298. The third kappa shape index (κ3) is 2.98. The summed E-state index contributed by atoms with van der Waals surface area (Å²) < 4.78 is 10.9. The van der Waals surface area contributed by atoms with Gasteiger partial charge in [-0.05, 0) is 23.8 Å². The summed E-state index contributed by atoms with van der Waals surface area (Å²) in [6.07, 6.45) is 1.91. The normalized spacial score (nSPS) is 14.4. The minimum Gasteiger partial charge on any atom is -0.544 e. The number of nitrogens with zero attached hydrogens (tertiary/aromatic N) is 1. The van der Waals surface area contributed by atoms with Crippen molar-refractivity contribution in [2.24, 2.45) is 0 Å². The fourth-order valence-electron chi connectivity index (χ4n) is 1.64. The van der Waals surface area contributed by atoms with E-state index < -0.39 is 11.5 Å². The second kappa shape index (κ2) is 5.63. The standard InChI is InChI=1S/C13H10ClNO4/c14-10-5-8(4-9(7-15)13(16)17)6-11-12(10)19-3-1-2-18-11/h4-6H,1-3H2,(H,16,17)/p-1/b9-4+. The van der Waals surface area contributed by atoms with E-state index >= 15 is 0 Å². The SMILES string of the molecule is N#C/C(=C\c1cc(Cl)c2c(c1)OCCCO2)C(=O)[O-]. The second-order valence-electron chi connectivity index (χ2n) is 3.84. The molecule has 0 radical (unpaired) electrons. The van der Waals surface area contributed by atoms with Crippen LogP contribution in [0.5, 0.6) is 11.5 Å². The van der Waals surface area contributed by atoms with Crippen molar-refractivity contribution in [3.63, 3.8) is 0 Å². The Morgan fingerprint density at radius 2 is 2.16 bits per heavy atom. The highest BCUT2D eigenvalue weighted by atomic mass is 35.5. The van der Waals surface area contributed by atoms with Gasteiger partial charge in [-0.15, -0.1) is 0 Å². The number of ether oxygens (including phenoxy) is 2. The molecule has 0 bridgehead atoms. The zero-order chi connectivity index (χ0) is 13.8. The van der Waals surface area contributed by atoms with Crippen molar-refractivity contribution in [1.29, 1.82) is 5.26 Å². The zero-order valence-electron chi connectivity index (χ0n) is 9.81. The first kappa shape index (κ1) is 13.2. The number of nitriles is 1. The number of carbonyl (C=O) groups excluding carboxylic acids is 1. The molecule has 0 aromatic heterocycles. The molecule has 1 aliphatic rings. The van der Waals surface area contributed by atoms with E-state index in [0.29, 0.717) is 35.3 Å². The maximum absolute atomic E-state index is 10.7. The first-order valence-electron chi connectivity index (χ1n) is 5.54. The number of fused-ring (bicyclic) bond motifs is 1. The number of hydrogen-bond acceptors (Lipinski definition) is 5. The number of aliphatic carboxylic acids is 1. The van der Waals surface area contributed by atoms with Gasteiger partial charge in [-0.3, -0.25) is 0 Å². The Bertz CT molecular complexity index is 589. The summed E-state index contributed by atoms with van der Waals surface area (Å²) in [6.45, 7) is 0.993. The monoisotopic (exact) mass is 278 g/mol. The molecule has 0 atom stereocenters. The number of rotatable bonds is 2. The van der Waals surface area contributed by atoms with Gasteiger partial charge in [-0.2, -0.15) is 5.26 Å². The minimum atomic E-state index is -1.54. The molecular weight excluding hydrogens is 270 g/mol. The molecule has 0 aliphatic carbocycles. The molecular formula is C13H9ClNO4-. The van der Waals surface area contributed by atoms with Crippen LogP contribution in [0.3, 0.4) is 0 Å². The molecule has 98 valence electrons. The summed E-state index contributed by atoms with van der Waals surface area (Å²) in [5.41, 5.74) is -0.0412. The number of hydrogen-bond donors (Lipinski definition) is 0. The fourth-order valence-corrected chi connectivity index (χ4v) is 1.91. The van der Waals surface area contributed by atoms with Crippen molar-refractivity contribution in [2.75, 3.05) is 13.2 Å². The highest BCUT2D eigenvalue weighted by Crippen LogP contribution is 2.38. The molecule has 1 aromatic carbocycles.